The molecule has 0 fully saturated rings. The highest BCUT2D eigenvalue weighted by Gasteiger charge is 2.36. The Morgan fingerprint density at radius 3 is 1.91 bits per heavy atom. The van der Waals surface area contributed by atoms with E-state index < -0.39 is 16.2 Å². The molecule has 136 valence electrons. The third kappa shape index (κ3) is 13.7. The SMILES string of the molecule is C=C(C)C(=O)OCCC[Si](OC)(OC)OC.C=CC[Si](C)(C)Cl. The third-order valence-corrected chi connectivity index (χ3v) is 7.33. The molecule has 0 spiro atoms. The first-order chi connectivity index (χ1) is 10.6. The number of ether oxygens (including phenoxy) is 1. The van der Waals surface area contributed by atoms with Crippen LogP contribution in [0.3, 0.4) is 0 Å². The monoisotopic (exact) mass is 382 g/mol. The summed E-state index contributed by atoms with van der Waals surface area (Å²) in [6.45, 7) is 13.2. The molecule has 5 nitrogen and oxygen atoms in total. The van der Waals surface area contributed by atoms with Gasteiger partial charge in [0.2, 0.25) is 0 Å². The van der Waals surface area contributed by atoms with E-state index in [2.05, 4.69) is 26.3 Å². The number of hydrogen-bond donors (Lipinski definition) is 0. The number of carbonyl (C=O) groups excluding carboxylic acids is 1. The van der Waals surface area contributed by atoms with Gasteiger partial charge in [-0.05, 0) is 19.4 Å². The normalized spacial score (nSPS) is 11.3. The number of hydrogen-bond acceptors (Lipinski definition) is 5. The summed E-state index contributed by atoms with van der Waals surface area (Å²) >= 11 is 5.90. The maximum absolute atomic E-state index is 11.1. The predicted molar refractivity (Wildman–Crippen MR) is 100 cm³/mol. The number of allylic oxidation sites excluding steroid dienone is 1. The Labute approximate surface area is 147 Å². The molecule has 8 heteroatoms. The van der Waals surface area contributed by atoms with Gasteiger partial charge in [0.1, 0.15) is 0 Å². The number of halogens is 1. The van der Waals surface area contributed by atoms with Crippen molar-refractivity contribution in [1.29, 1.82) is 0 Å². The standard InChI is InChI=1S/C10H20O5Si.C5H11ClSi/c1-9(2)10(11)15-7-6-8-16(12-3,13-4)14-5;1-4-5-7(2,3)6/h1,6-8H2,2-5H3;4H,1,5H2,2-3H3. The van der Waals surface area contributed by atoms with Crippen molar-refractivity contribution in [3.05, 3.63) is 24.8 Å². The second kappa shape index (κ2) is 12.9. The van der Waals surface area contributed by atoms with Gasteiger partial charge in [-0.25, -0.2) is 4.79 Å². The summed E-state index contributed by atoms with van der Waals surface area (Å²) in [6.07, 6.45) is 2.53. The molecule has 0 unspecified atom stereocenters. The number of esters is 1. The summed E-state index contributed by atoms with van der Waals surface area (Å²) in [5.74, 6) is -0.375. The molecule has 0 saturated carbocycles. The molecule has 0 aliphatic rings. The van der Waals surface area contributed by atoms with Gasteiger partial charge in [0.25, 0.3) is 0 Å². The van der Waals surface area contributed by atoms with Crippen LogP contribution < -0.4 is 0 Å². The van der Waals surface area contributed by atoms with Gasteiger partial charge in [-0.3, -0.25) is 0 Å². The van der Waals surface area contributed by atoms with Gasteiger partial charge >= 0.3 is 14.8 Å². The zero-order valence-corrected chi connectivity index (χ0v) is 18.0. The number of rotatable bonds is 10. The summed E-state index contributed by atoms with van der Waals surface area (Å²) < 4.78 is 20.6. The van der Waals surface area contributed by atoms with Crippen molar-refractivity contribution in [2.45, 2.75) is 38.5 Å². The minimum Gasteiger partial charge on any atom is -0.462 e. The molecule has 23 heavy (non-hydrogen) atoms. The van der Waals surface area contributed by atoms with E-state index in [9.17, 15) is 4.79 Å². The van der Waals surface area contributed by atoms with Gasteiger partial charge in [0.15, 0.2) is 7.38 Å². The van der Waals surface area contributed by atoms with E-state index in [0.717, 1.165) is 6.04 Å². The fourth-order valence-electron chi connectivity index (χ4n) is 1.48. The average Bonchev–Trinajstić information content (AvgIpc) is 2.47. The lowest BCUT2D eigenvalue weighted by molar-refractivity contribution is -0.139. The van der Waals surface area contributed by atoms with E-state index in [0.29, 0.717) is 24.6 Å². The van der Waals surface area contributed by atoms with Gasteiger partial charge in [0, 0.05) is 32.9 Å². The molecule has 0 aromatic heterocycles. The van der Waals surface area contributed by atoms with Crippen LogP contribution in [0.2, 0.25) is 25.2 Å². The first-order valence-corrected chi connectivity index (χ1v) is 13.5. The fraction of sp³-hybridized carbons (Fsp3) is 0.667. The Bertz CT molecular complexity index is 357. The molecule has 0 aliphatic carbocycles. The van der Waals surface area contributed by atoms with E-state index in [1.165, 1.54) is 0 Å². The van der Waals surface area contributed by atoms with Crippen molar-refractivity contribution < 1.29 is 22.8 Å². The molecule has 0 amide bonds. The Balaban J connectivity index is 0. The first kappa shape index (κ1) is 24.8. The van der Waals surface area contributed by atoms with Crippen LogP contribution in [-0.4, -0.2) is 50.1 Å². The maximum atomic E-state index is 11.1. The molecule has 0 rings (SSSR count). The van der Waals surface area contributed by atoms with Gasteiger partial charge < -0.3 is 18.0 Å². The Hall–Kier alpha value is -0.446. The van der Waals surface area contributed by atoms with Crippen LogP contribution in [0.1, 0.15) is 13.3 Å². The number of carbonyl (C=O) groups is 1. The summed E-state index contributed by atoms with van der Waals surface area (Å²) in [5, 5.41) is 0. The molecular weight excluding hydrogens is 352 g/mol. The minimum atomic E-state index is -2.53. The molecule has 0 atom stereocenters. The summed E-state index contributed by atoms with van der Waals surface area (Å²) in [5.41, 5.74) is 0.397. The average molecular weight is 383 g/mol. The van der Waals surface area contributed by atoms with Gasteiger partial charge in [-0.2, -0.15) is 11.1 Å². The summed E-state index contributed by atoms with van der Waals surface area (Å²) in [6, 6.07) is 1.62. The molecule has 0 saturated heterocycles. The van der Waals surface area contributed by atoms with Crippen LogP contribution in [0, 0.1) is 0 Å². The fourth-order valence-corrected chi connectivity index (χ4v) is 4.18. The van der Waals surface area contributed by atoms with E-state index in [1.54, 1.807) is 28.3 Å². The molecule has 0 radical (unpaired) electrons. The molecule has 0 aromatic carbocycles. The second-order valence-electron chi connectivity index (χ2n) is 5.53. The first-order valence-electron chi connectivity index (χ1n) is 7.35. The van der Waals surface area contributed by atoms with Crippen molar-refractivity contribution in [1.82, 2.24) is 0 Å². The third-order valence-electron chi connectivity index (χ3n) is 2.77. The van der Waals surface area contributed by atoms with Crippen LogP contribution in [-0.2, 0) is 22.8 Å². The van der Waals surface area contributed by atoms with E-state index in [1.807, 2.05) is 6.08 Å². The highest BCUT2D eigenvalue weighted by atomic mass is 35.6. The zero-order valence-electron chi connectivity index (χ0n) is 15.2. The highest BCUT2D eigenvalue weighted by Crippen LogP contribution is 2.15. The van der Waals surface area contributed by atoms with Crippen LogP contribution >= 0.6 is 11.1 Å². The topological polar surface area (TPSA) is 54.0 Å². The van der Waals surface area contributed by atoms with Gasteiger partial charge in [-0.15, -0.1) is 6.58 Å². The lowest BCUT2D eigenvalue weighted by atomic mass is 10.4. The van der Waals surface area contributed by atoms with Crippen molar-refractivity contribution >= 4 is 33.2 Å². The zero-order chi connectivity index (χ0) is 18.5. The van der Waals surface area contributed by atoms with Crippen molar-refractivity contribution in [2.24, 2.45) is 0 Å². The molecule has 0 N–H and O–H groups in total. The van der Waals surface area contributed by atoms with Crippen LogP contribution in [0.5, 0.6) is 0 Å². The molecule has 0 aromatic rings. The molecule has 0 heterocycles. The molecular formula is C15H31ClO5Si2. The smallest absolute Gasteiger partial charge is 0.462 e. The Morgan fingerprint density at radius 1 is 1.17 bits per heavy atom. The van der Waals surface area contributed by atoms with Crippen molar-refractivity contribution in [2.75, 3.05) is 27.9 Å². The lowest BCUT2D eigenvalue weighted by Crippen LogP contribution is -2.42. The van der Waals surface area contributed by atoms with Crippen molar-refractivity contribution in [3.63, 3.8) is 0 Å². The summed E-state index contributed by atoms with van der Waals surface area (Å²) in [7, 11) is 0.831. The molecule has 0 bridgehead atoms. The largest absolute Gasteiger partial charge is 0.500 e. The van der Waals surface area contributed by atoms with Crippen LogP contribution in [0.4, 0.5) is 0 Å². The minimum absolute atomic E-state index is 0.316. The predicted octanol–water partition coefficient (Wildman–Crippen LogP) is 3.99. The Kier molecular flexibility index (Phi) is 13.9. The van der Waals surface area contributed by atoms with E-state index in [-0.39, 0.29) is 5.97 Å². The van der Waals surface area contributed by atoms with Gasteiger partial charge in [0.05, 0.1) is 6.61 Å². The van der Waals surface area contributed by atoms with E-state index >= 15 is 0 Å². The maximum Gasteiger partial charge on any atom is 0.500 e. The molecule has 0 aliphatic heterocycles. The van der Waals surface area contributed by atoms with E-state index in [4.69, 9.17) is 29.1 Å². The van der Waals surface area contributed by atoms with Crippen molar-refractivity contribution in [3.8, 4) is 0 Å². The second-order valence-corrected chi connectivity index (χ2v) is 15.5. The highest BCUT2D eigenvalue weighted by molar-refractivity contribution is 7.19. The van der Waals surface area contributed by atoms with Crippen LogP contribution in [0.25, 0.3) is 0 Å². The quantitative estimate of drug-likeness (QED) is 0.143. The summed E-state index contributed by atoms with van der Waals surface area (Å²) in [4.78, 5) is 11.1. The Morgan fingerprint density at radius 2 is 1.65 bits per heavy atom. The van der Waals surface area contributed by atoms with Crippen LogP contribution in [0.15, 0.2) is 24.8 Å². The van der Waals surface area contributed by atoms with Gasteiger partial charge in [-0.1, -0.05) is 25.7 Å². The lowest BCUT2D eigenvalue weighted by Gasteiger charge is -2.24.